The van der Waals surface area contributed by atoms with Crippen LogP contribution < -0.4 is 15.2 Å². The Labute approximate surface area is 129 Å². The highest BCUT2D eigenvalue weighted by molar-refractivity contribution is 6.31. The molecule has 0 fully saturated rings. The van der Waals surface area contributed by atoms with Crippen LogP contribution >= 0.6 is 11.6 Å². The molecule has 1 aromatic heterocycles. The molecule has 5 nitrogen and oxygen atoms in total. The maximum absolute atomic E-state index is 6.42. The average Bonchev–Trinajstić information content (AvgIpc) is 2.87. The van der Waals surface area contributed by atoms with Gasteiger partial charge in [0.15, 0.2) is 11.5 Å². The van der Waals surface area contributed by atoms with E-state index in [4.69, 9.17) is 26.8 Å². The van der Waals surface area contributed by atoms with Crippen molar-refractivity contribution in [2.24, 2.45) is 5.73 Å². The molecule has 6 heteroatoms. The predicted molar refractivity (Wildman–Crippen MR) is 83.2 cm³/mol. The van der Waals surface area contributed by atoms with E-state index >= 15 is 0 Å². The van der Waals surface area contributed by atoms with Gasteiger partial charge in [0.25, 0.3) is 0 Å². The third-order valence-electron chi connectivity index (χ3n) is 3.34. The number of rotatable bonds is 5. The molecular weight excluding hydrogens is 290 g/mol. The number of ether oxygens (including phenoxy) is 2. The second kappa shape index (κ2) is 6.37. The summed E-state index contributed by atoms with van der Waals surface area (Å²) in [5.41, 5.74) is 7.99. The molecule has 1 atom stereocenters. The Balaban J connectivity index is 2.55. The first-order chi connectivity index (χ1) is 10.0. The summed E-state index contributed by atoms with van der Waals surface area (Å²) in [6.45, 7) is 4.06. The van der Waals surface area contributed by atoms with E-state index in [-0.39, 0.29) is 6.04 Å². The molecule has 0 radical (unpaired) electrons. The van der Waals surface area contributed by atoms with Gasteiger partial charge in [0.1, 0.15) is 0 Å². The molecule has 0 spiro atoms. The molecular formula is C15H20ClN3O2. The van der Waals surface area contributed by atoms with Crippen LogP contribution in [0.25, 0.3) is 0 Å². The fourth-order valence-electron chi connectivity index (χ4n) is 2.36. The van der Waals surface area contributed by atoms with Gasteiger partial charge in [-0.25, -0.2) is 0 Å². The molecule has 114 valence electrons. The van der Waals surface area contributed by atoms with Crippen molar-refractivity contribution in [3.05, 3.63) is 40.7 Å². The highest BCUT2D eigenvalue weighted by atomic mass is 35.5. The van der Waals surface area contributed by atoms with E-state index in [0.717, 1.165) is 11.3 Å². The molecule has 0 aliphatic rings. The summed E-state index contributed by atoms with van der Waals surface area (Å²) in [5.74, 6) is 1.25. The van der Waals surface area contributed by atoms with E-state index in [2.05, 4.69) is 5.10 Å². The summed E-state index contributed by atoms with van der Waals surface area (Å²) in [6, 6.07) is 5.32. The van der Waals surface area contributed by atoms with Crippen LogP contribution in [0.15, 0.2) is 24.4 Å². The quantitative estimate of drug-likeness (QED) is 0.921. The summed E-state index contributed by atoms with van der Waals surface area (Å²) < 4.78 is 12.6. The Hall–Kier alpha value is -1.72. The molecule has 0 aliphatic carbocycles. The van der Waals surface area contributed by atoms with E-state index in [1.165, 1.54) is 0 Å². The Morgan fingerprint density at radius 3 is 2.52 bits per heavy atom. The first-order valence-electron chi connectivity index (χ1n) is 6.70. The Morgan fingerprint density at radius 1 is 1.24 bits per heavy atom. The van der Waals surface area contributed by atoms with Crippen LogP contribution in [0.4, 0.5) is 0 Å². The monoisotopic (exact) mass is 309 g/mol. The maximum atomic E-state index is 6.42. The van der Waals surface area contributed by atoms with E-state index in [0.29, 0.717) is 16.5 Å². The smallest absolute Gasteiger partial charge is 0.165 e. The highest BCUT2D eigenvalue weighted by Gasteiger charge is 2.24. The molecule has 2 aromatic rings. The van der Waals surface area contributed by atoms with Crippen molar-refractivity contribution < 1.29 is 9.47 Å². The number of benzene rings is 1. The lowest BCUT2D eigenvalue weighted by molar-refractivity contribution is 0.350. The lowest BCUT2D eigenvalue weighted by Gasteiger charge is -2.20. The summed E-state index contributed by atoms with van der Waals surface area (Å²) >= 11 is 6.27. The molecule has 0 saturated heterocycles. The van der Waals surface area contributed by atoms with E-state index in [9.17, 15) is 0 Å². The molecule has 0 aliphatic heterocycles. The first-order valence-corrected chi connectivity index (χ1v) is 7.08. The predicted octanol–water partition coefficient (Wildman–Crippen LogP) is 3.18. The Bertz CT molecular complexity index is 625. The van der Waals surface area contributed by atoms with Crippen molar-refractivity contribution >= 4 is 11.6 Å². The third-order valence-corrected chi connectivity index (χ3v) is 3.63. The fraction of sp³-hybridized carbons (Fsp3) is 0.400. The molecule has 0 amide bonds. The van der Waals surface area contributed by atoms with Gasteiger partial charge in [-0.15, -0.1) is 0 Å². The topological polar surface area (TPSA) is 62.3 Å². The van der Waals surface area contributed by atoms with Crippen LogP contribution in [0.2, 0.25) is 5.02 Å². The number of hydrogen-bond acceptors (Lipinski definition) is 4. The van der Waals surface area contributed by atoms with Crippen molar-refractivity contribution in [3.63, 3.8) is 0 Å². The van der Waals surface area contributed by atoms with Gasteiger partial charge in [-0.3, -0.25) is 4.68 Å². The SMILES string of the molecule is COc1cccc(C(N)c2c(Cl)cnn2C(C)C)c1OC. The van der Waals surface area contributed by atoms with E-state index in [1.54, 1.807) is 20.4 Å². The van der Waals surface area contributed by atoms with Crippen molar-refractivity contribution in [3.8, 4) is 11.5 Å². The maximum Gasteiger partial charge on any atom is 0.165 e. The zero-order valence-corrected chi connectivity index (χ0v) is 13.4. The van der Waals surface area contributed by atoms with Crippen LogP contribution in [-0.2, 0) is 0 Å². The molecule has 1 unspecified atom stereocenters. The largest absolute Gasteiger partial charge is 0.493 e. The van der Waals surface area contributed by atoms with Gasteiger partial charge in [0, 0.05) is 11.6 Å². The number of nitrogens with two attached hydrogens (primary N) is 1. The highest BCUT2D eigenvalue weighted by Crippen LogP contribution is 2.38. The lowest BCUT2D eigenvalue weighted by atomic mass is 10.0. The van der Waals surface area contributed by atoms with Crippen LogP contribution in [0, 0.1) is 0 Å². The molecule has 21 heavy (non-hydrogen) atoms. The number of methoxy groups -OCH3 is 2. The van der Waals surface area contributed by atoms with Crippen molar-refractivity contribution in [2.75, 3.05) is 14.2 Å². The minimum atomic E-state index is -0.451. The number of hydrogen-bond donors (Lipinski definition) is 1. The standard InChI is InChI=1S/C15H20ClN3O2/c1-9(2)19-14(11(16)8-18-19)13(17)10-6-5-7-12(20-3)15(10)21-4/h5-9,13H,17H2,1-4H3. The number of halogens is 1. The van der Waals surface area contributed by atoms with Crippen molar-refractivity contribution in [1.29, 1.82) is 0 Å². The van der Waals surface area contributed by atoms with Gasteiger partial charge in [-0.1, -0.05) is 23.7 Å². The number of aromatic nitrogens is 2. The normalized spacial score (nSPS) is 12.5. The van der Waals surface area contributed by atoms with Gasteiger partial charge in [-0.05, 0) is 19.9 Å². The van der Waals surface area contributed by atoms with Crippen molar-refractivity contribution in [1.82, 2.24) is 9.78 Å². The summed E-state index contributed by atoms with van der Waals surface area (Å²) in [5, 5.41) is 4.84. The van der Waals surface area contributed by atoms with Gasteiger partial charge in [-0.2, -0.15) is 5.10 Å². The second-order valence-corrected chi connectivity index (χ2v) is 5.38. The zero-order chi connectivity index (χ0) is 15.6. The number of para-hydroxylation sites is 1. The minimum Gasteiger partial charge on any atom is -0.493 e. The Morgan fingerprint density at radius 2 is 1.95 bits per heavy atom. The van der Waals surface area contributed by atoms with E-state index < -0.39 is 6.04 Å². The second-order valence-electron chi connectivity index (χ2n) is 4.98. The zero-order valence-electron chi connectivity index (χ0n) is 12.6. The van der Waals surface area contributed by atoms with Crippen LogP contribution in [0.1, 0.15) is 37.2 Å². The van der Waals surface area contributed by atoms with Crippen LogP contribution in [0.3, 0.4) is 0 Å². The van der Waals surface area contributed by atoms with Gasteiger partial charge in [0.05, 0.1) is 37.2 Å². The Kier molecular flexibility index (Phi) is 4.75. The molecule has 1 aromatic carbocycles. The van der Waals surface area contributed by atoms with Gasteiger partial charge >= 0.3 is 0 Å². The van der Waals surface area contributed by atoms with E-state index in [1.807, 2.05) is 36.7 Å². The first kappa shape index (κ1) is 15.7. The summed E-state index contributed by atoms with van der Waals surface area (Å²) in [7, 11) is 3.19. The molecule has 2 N–H and O–H groups in total. The molecule has 0 bridgehead atoms. The van der Waals surface area contributed by atoms with Crippen LogP contribution in [-0.4, -0.2) is 24.0 Å². The van der Waals surface area contributed by atoms with Crippen molar-refractivity contribution in [2.45, 2.75) is 25.9 Å². The lowest BCUT2D eigenvalue weighted by Crippen LogP contribution is -2.20. The minimum absolute atomic E-state index is 0.162. The van der Waals surface area contributed by atoms with Crippen LogP contribution in [0.5, 0.6) is 11.5 Å². The number of nitrogens with zero attached hydrogens (tertiary/aromatic N) is 2. The fourth-order valence-corrected chi connectivity index (χ4v) is 2.61. The summed E-state index contributed by atoms with van der Waals surface area (Å²) in [4.78, 5) is 0. The summed E-state index contributed by atoms with van der Waals surface area (Å²) in [6.07, 6.45) is 1.61. The molecule has 2 rings (SSSR count). The van der Waals surface area contributed by atoms with Gasteiger partial charge in [0.2, 0.25) is 0 Å². The molecule has 1 heterocycles. The molecule has 0 saturated carbocycles. The van der Waals surface area contributed by atoms with Gasteiger partial charge < -0.3 is 15.2 Å². The average molecular weight is 310 g/mol. The third kappa shape index (κ3) is 2.84.